The van der Waals surface area contributed by atoms with Crippen LogP contribution in [0.15, 0.2) is 42.5 Å². The lowest BCUT2D eigenvalue weighted by Crippen LogP contribution is -2.60. The number of rotatable bonds is 5. The van der Waals surface area contributed by atoms with Gasteiger partial charge in [0.05, 0.1) is 60.2 Å². The molecule has 39 heavy (non-hydrogen) atoms. The van der Waals surface area contributed by atoms with Crippen molar-refractivity contribution in [1.29, 1.82) is 5.26 Å². The number of hydrogen-bond acceptors (Lipinski definition) is 5. The summed E-state index contributed by atoms with van der Waals surface area (Å²) in [5, 5.41) is 13.5. The molecule has 3 aromatic rings. The number of halogens is 3. The summed E-state index contributed by atoms with van der Waals surface area (Å²) < 4.78 is 47.2. The van der Waals surface area contributed by atoms with Gasteiger partial charge in [0.15, 0.2) is 0 Å². The van der Waals surface area contributed by atoms with Crippen molar-refractivity contribution in [2.45, 2.75) is 50.9 Å². The molecule has 3 heterocycles. The maximum absolute atomic E-state index is 13.7. The van der Waals surface area contributed by atoms with Crippen LogP contribution in [0, 0.1) is 11.3 Å². The van der Waals surface area contributed by atoms with Crippen molar-refractivity contribution in [3.8, 4) is 17.3 Å². The van der Waals surface area contributed by atoms with Gasteiger partial charge in [0.2, 0.25) is 0 Å². The first-order valence-corrected chi connectivity index (χ1v) is 13.4. The Labute approximate surface area is 226 Å². The molecule has 5 rings (SSSR count). The average molecular weight is 538 g/mol. The Morgan fingerprint density at radius 2 is 1.87 bits per heavy atom. The molecule has 204 valence electrons. The molecule has 0 amide bonds. The fourth-order valence-electron chi connectivity index (χ4n) is 6.41. The van der Waals surface area contributed by atoms with Gasteiger partial charge in [-0.15, -0.1) is 0 Å². The van der Waals surface area contributed by atoms with Gasteiger partial charge in [-0.2, -0.15) is 18.4 Å². The monoisotopic (exact) mass is 537 g/mol. The molecule has 0 unspecified atom stereocenters. The highest BCUT2D eigenvalue weighted by molar-refractivity contribution is 6.06. The maximum Gasteiger partial charge on any atom is 0.416 e. The van der Waals surface area contributed by atoms with Crippen molar-refractivity contribution >= 4 is 16.9 Å². The normalized spacial score (nSPS) is 18.0. The number of nitrogens with zero attached hydrogens (tertiary/aromatic N) is 3. The number of pyridine rings is 1. The zero-order valence-corrected chi connectivity index (χ0v) is 22.0. The predicted molar refractivity (Wildman–Crippen MR) is 142 cm³/mol. The molecular formula is C30H32F3N4O2+. The van der Waals surface area contributed by atoms with Crippen LogP contribution >= 0.6 is 0 Å². The van der Waals surface area contributed by atoms with Crippen LogP contribution in [0.3, 0.4) is 0 Å². The van der Waals surface area contributed by atoms with E-state index in [-0.39, 0.29) is 5.56 Å². The van der Waals surface area contributed by atoms with Crippen LogP contribution < -0.4 is 5.32 Å². The molecule has 2 aliphatic heterocycles. The number of ether oxygens (including phenoxy) is 1. The van der Waals surface area contributed by atoms with Crippen molar-refractivity contribution in [1.82, 2.24) is 10.3 Å². The van der Waals surface area contributed by atoms with E-state index in [1.54, 1.807) is 24.3 Å². The van der Waals surface area contributed by atoms with Gasteiger partial charge in [0, 0.05) is 42.4 Å². The van der Waals surface area contributed by atoms with E-state index in [0.717, 1.165) is 74.9 Å². The Hall–Kier alpha value is -3.48. The molecule has 0 saturated carbocycles. The van der Waals surface area contributed by atoms with Crippen LogP contribution in [0.2, 0.25) is 0 Å². The van der Waals surface area contributed by atoms with Crippen LogP contribution in [0.4, 0.5) is 13.2 Å². The highest BCUT2D eigenvalue weighted by Gasteiger charge is 2.41. The maximum atomic E-state index is 13.7. The first kappa shape index (κ1) is 27.1. The van der Waals surface area contributed by atoms with Crippen molar-refractivity contribution in [2.24, 2.45) is 0 Å². The van der Waals surface area contributed by atoms with Gasteiger partial charge in [-0.3, -0.25) is 0 Å². The molecule has 2 saturated heterocycles. The number of aromatic nitrogens is 1. The largest absolute Gasteiger partial charge is 0.465 e. The Morgan fingerprint density at radius 1 is 1.13 bits per heavy atom. The summed E-state index contributed by atoms with van der Waals surface area (Å²) in [5.41, 5.74) is 1.55. The molecule has 2 fully saturated rings. The lowest BCUT2D eigenvalue weighted by Gasteiger charge is -2.49. The minimum absolute atomic E-state index is 0.281. The second kappa shape index (κ2) is 10.9. The van der Waals surface area contributed by atoms with Gasteiger partial charge in [-0.25, -0.2) is 9.78 Å². The van der Waals surface area contributed by atoms with Crippen LogP contribution in [0.1, 0.15) is 59.2 Å². The number of likely N-dealkylation sites (tertiary alicyclic amines) is 1. The zero-order valence-electron chi connectivity index (χ0n) is 22.0. The van der Waals surface area contributed by atoms with Gasteiger partial charge in [-0.1, -0.05) is 12.1 Å². The van der Waals surface area contributed by atoms with E-state index in [4.69, 9.17) is 9.72 Å². The molecule has 2 aromatic carbocycles. The van der Waals surface area contributed by atoms with E-state index in [0.29, 0.717) is 45.9 Å². The number of quaternary nitrogens is 1. The quantitative estimate of drug-likeness (QED) is 0.327. The van der Waals surface area contributed by atoms with Crippen LogP contribution in [-0.2, 0) is 17.5 Å². The van der Waals surface area contributed by atoms with E-state index in [1.165, 1.54) is 13.2 Å². The number of esters is 1. The molecular weight excluding hydrogens is 505 g/mol. The number of nitrogens with one attached hydrogen (secondary N) is 1. The Balaban J connectivity index is 1.79. The minimum Gasteiger partial charge on any atom is -0.465 e. The van der Waals surface area contributed by atoms with Crippen LogP contribution in [-0.4, -0.2) is 54.8 Å². The average Bonchev–Trinajstić information content (AvgIpc) is 2.96. The third kappa shape index (κ3) is 5.36. The van der Waals surface area contributed by atoms with Gasteiger partial charge >= 0.3 is 12.1 Å². The number of nitriles is 1. The molecule has 2 aliphatic rings. The van der Waals surface area contributed by atoms with Crippen molar-refractivity contribution in [3.05, 3.63) is 64.7 Å². The van der Waals surface area contributed by atoms with E-state index >= 15 is 0 Å². The number of benzene rings is 2. The summed E-state index contributed by atoms with van der Waals surface area (Å²) in [6.45, 7) is 4.15. The molecule has 1 N–H and O–H groups in total. The Kier molecular flexibility index (Phi) is 7.61. The lowest BCUT2D eigenvalue weighted by atomic mass is 9.90. The molecule has 1 aromatic heterocycles. The summed E-state index contributed by atoms with van der Waals surface area (Å²) in [7, 11) is 1.30. The number of methoxy groups -OCH3 is 1. The fraction of sp³-hybridized carbons (Fsp3) is 0.433. The number of carbonyl (C=O) groups is 1. The van der Waals surface area contributed by atoms with Crippen molar-refractivity contribution in [2.75, 3.05) is 33.3 Å². The minimum atomic E-state index is -4.52. The smallest absolute Gasteiger partial charge is 0.416 e. The number of hydrogen-bond donors (Lipinski definition) is 1. The van der Waals surface area contributed by atoms with E-state index in [9.17, 15) is 23.2 Å². The molecule has 0 aliphatic carbocycles. The Morgan fingerprint density at radius 3 is 2.54 bits per heavy atom. The lowest BCUT2D eigenvalue weighted by molar-refractivity contribution is -0.968. The molecule has 0 radical (unpaired) electrons. The highest BCUT2D eigenvalue weighted by Crippen LogP contribution is 2.39. The topological polar surface area (TPSA) is 75.0 Å². The van der Waals surface area contributed by atoms with Gasteiger partial charge < -0.3 is 14.5 Å². The zero-order chi connectivity index (χ0) is 27.6. The number of piperidine rings is 2. The van der Waals surface area contributed by atoms with Crippen LogP contribution in [0.5, 0.6) is 0 Å². The SMILES string of the molecule is COC(=O)c1c(C[N+]2(C3CCNCC3)CCCCC2)c(-c2cccc(C(F)(F)F)c2)nc2ccc(C#N)cc12. The molecule has 6 nitrogen and oxygen atoms in total. The molecule has 9 heteroatoms. The fourth-order valence-corrected chi connectivity index (χ4v) is 6.41. The summed E-state index contributed by atoms with van der Waals surface area (Å²) >= 11 is 0. The summed E-state index contributed by atoms with van der Waals surface area (Å²) in [4.78, 5) is 18.3. The van der Waals surface area contributed by atoms with E-state index in [2.05, 4.69) is 11.4 Å². The first-order valence-electron chi connectivity index (χ1n) is 13.4. The summed E-state index contributed by atoms with van der Waals surface area (Å²) in [6.07, 6.45) is 0.705. The highest BCUT2D eigenvalue weighted by atomic mass is 19.4. The number of carbonyl (C=O) groups excluding carboxylic acids is 1. The number of fused-ring (bicyclic) bond motifs is 1. The van der Waals surface area contributed by atoms with Gasteiger partial charge in [-0.05, 0) is 49.6 Å². The second-order valence-electron chi connectivity index (χ2n) is 10.6. The standard InChI is InChI=1S/C30H32F3N4O2/c1-39-29(38)27-24-16-20(18-34)8-9-26(24)36-28(21-6-5-7-22(17-21)30(31,32)33)25(27)19-37(14-3-2-4-15-37)23-10-12-35-13-11-23/h5-9,16-17,23,35H,2-4,10-15,19H2,1H3/q+1. The van der Waals surface area contributed by atoms with E-state index in [1.807, 2.05) is 0 Å². The Bertz CT molecular complexity index is 1420. The van der Waals surface area contributed by atoms with Gasteiger partial charge in [0.25, 0.3) is 0 Å². The van der Waals surface area contributed by atoms with Gasteiger partial charge in [0.1, 0.15) is 6.54 Å². The molecule has 0 spiro atoms. The molecule has 0 bridgehead atoms. The van der Waals surface area contributed by atoms with Crippen molar-refractivity contribution < 1.29 is 27.2 Å². The first-order chi connectivity index (χ1) is 18.8. The number of alkyl halides is 3. The summed E-state index contributed by atoms with van der Waals surface area (Å²) in [6, 6.07) is 12.5. The molecule has 0 atom stereocenters. The third-order valence-electron chi connectivity index (χ3n) is 8.33. The third-order valence-corrected chi connectivity index (χ3v) is 8.33. The summed E-state index contributed by atoms with van der Waals surface area (Å²) in [5.74, 6) is -0.582. The van der Waals surface area contributed by atoms with Crippen LogP contribution in [0.25, 0.3) is 22.2 Å². The van der Waals surface area contributed by atoms with E-state index < -0.39 is 17.7 Å². The second-order valence-corrected chi connectivity index (χ2v) is 10.6. The van der Waals surface area contributed by atoms with Crippen molar-refractivity contribution in [3.63, 3.8) is 0 Å². The predicted octanol–water partition coefficient (Wildman–Crippen LogP) is 5.83.